The van der Waals surface area contributed by atoms with Crippen molar-refractivity contribution in [2.24, 2.45) is 7.05 Å². The third-order valence-corrected chi connectivity index (χ3v) is 6.31. The van der Waals surface area contributed by atoms with Crippen molar-refractivity contribution in [1.29, 1.82) is 0 Å². The van der Waals surface area contributed by atoms with Crippen LogP contribution in [-0.2, 0) is 26.7 Å². The van der Waals surface area contributed by atoms with Crippen molar-refractivity contribution in [2.45, 2.75) is 39.4 Å². The Morgan fingerprint density at radius 3 is 2.48 bits per heavy atom. The summed E-state index contributed by atoms with van der Waals surface area (Å²) in [6.45, 7) is 7.09. The van der Waals surface area contributed by atoms with Crippen LogP contribution in [0.1, 0.15) is 31.2 Å². The second-order valence-electron chi connectivity index (χ2n) is 8.53. The Labute approximate surface area is 191 Å². The van der Waals surface area contributed by atoms with Gasteiger partial charge < -0.3 is 9.30 Å². The van der Waals surface area contributed by atoms with Gasteiger partial charge in [-0.15, -0.1) is 0 Å². The van der Waals surface area contributed by atoms with Gasteiger partial charge in [-0.05, 0) is 24.6 Å². The Bertz CT molecular complexity index is 1240. The summed E-state index contributed by atoms with van der Waals surface area (Å²) in [5.74, 6) is 1.18. The maximum absolute atomic E-state index is 13.7. The van der Waals surface area contributed by atoms with Gasteiger partial charge in [0, 0.05) is 51.9 Å². The molecule has 1 fully saturated rings. The number of rotatable bonds is 8. The van der Waals surface area contributed by atoms with Crippen LogP contribution >= 0.6 is 0 Å². The molecule has 0 amide bonds. The van der Waals surface area contributed by atoms with E-state index in [1.54, 1.807) is 22.3 Å². The van der Waals surface area contributed by atoms with Gasteiger partial charge in [-0.25, -0.2) is 14.2 Å². The molecule has 0 bridgehead atoms. The van der Waals surface area contributed by atoms with Gasteiger partial charge in [0.2, 0.25) is 0 Å². The number of fused-ring (bicyclic) bond motifs is 1. The number of aromatic nitrogens is 4. The first-order valence-electron chi connectivity index (χ1n) is 11.4. The predicted octanol–water partition coefficient (Wildman–Crippen LogP) is 1.69. The highest BCUT2D eigenvalue weighted by atomic mass is 19.1. The molecule has 1 aliphatic heterocycles. The SMILES string of the molecule is CCCCn1c(=O)[nH]c(=O)c2c1nc(CN1CCN(Cc3cc(F)ccc3OC)CC1)n2C. The topological polar surface area (TPSA) is 88.4 Å². The fourth-order valence-corrected chi connectivity index (χ4v) is 4.37. The van der Waals surface area contributed by atoms with Crippen molar-refractivity contribution in [3.63, 3.8) is 0 Å². The van der Waals surface area contributed by atoms with Gasteiger partial charge in [-0.3, -0.25) is 24.1 Å². The number of aryl methyl sites for hydroxylation is 2. The highest BCUT2D eigenvalue weighted by Gasteiger charge is 2.22. The number of benzene rings is 1. The van der Waals surface area contributed by atoms with Crippen LogP contribution < -0.4 is 16.0 Å². The van der Waals surface area contributed by atoms with E-state index < -0.39 is 11.2 Å². The number of aromatic amines is 1. The molecule has 10 heteroatoms. The van der Waals surface area contributed by atoms with E-state index >= 15 is 0 Å². The lowest BCUT2D eigenvalue weighted by molar-refractivity contribution is 0.118. The molecule has 2 aromatic heterocycles. The Kier molecular flexibility index (Phi) is 6.94. The standard InChI is InChI=1S/C23H31FN6O3/c1-4-5-8-30-21-20(22(31)26-23(30)32)27(2)19(25-21)15-29-11-9-28(10-12-29)14-16-13-17(24)6-7-18(16)33-3/h6-7,13H,4-5,8-12,14-15H2,1-3H3,(H,26,31,32). The van der Waals surface area contributed by atoms with E-state index in [0.29, 0.717) is 36.5 Å². The maximum atomic E-state index is 13.7. The van der Waals surface area contributed by atoms with E-state index in [-0.39, 0.29) is 5.82 Å². The average molecular weight is 459 g/mol. The van der Waals surface area contributed by atoms with E-state index in [1.807, 2.05) is 7.05 Å². The highest BCUT2D eigenvalue weighted by molar-refractivity contribution is 5.70. The van der Waals surface area contributed by atoms with Gasteiger partial charge in [0.15, 0.2) is 11.2 Å². The molecule has 0 radical (unpaired) electrons. The first-order valence-corrected chi connectivity index (χ1v) is 11.4. The number of hydrogen-bond donors (Lipinski definition) is 1. The minimum Gasteiger partial charge on any atom is -0.496 e. The van der Waals surface area contributed by atoms with E-state index in [1.165, 1.54) is 12.1 Å². The average Bonchev–Trinajstić information content (AvgIpc) is 3.11. The lowest BCUT2D eigenvalue weighted by Gasteiger charge is -2.34. The number of nitrogens with zero attached hydrogens (tertiary/aromatic N) is 5. The predicted molar refractivity (Wildman–Crippen MR) is 124 cm³/mol. The third kappa shape index (κ3) is 4.86. The zero-order valence-corrected chi connectivity index (χ0v) is 19.4. The Hall–Kier alpha value is -2.98. The van der Waals surface area contributed by atoms with Crippen LogP contribution in [0.2, 0.25) is 0 Å². The summed E-state index contributed by atoms with van der Waals surface area (Å²) in [5.41, 5.74) is 0.902. The van der Waals surface area contributed by atoms with E-state index in [2.05, 4.69) is 21.7 Å². The maximum Gasteiger partial charge on any atom is 0.330 e. The first-order chi connectivity index (χ1) is 15.9. The summed E-state index contributed by atoms with van der Waals surface area (Å²) in [7, 11) is 3.42. The summed E-state index contributed by atoms with van der Waals surface area (Å²) < 4.78 is 22.4. The molecule has 0 saturated carbocycles. The minimum atomic E-state index is -0.410. The summed E-state index contributed by atoms with van der Waals surface area (Å²) in [4.78, 5) is 36.5. The van der Waals surface area contributed by atoms with Crippen molar-refractivity contribution < 1.29 is 9.13 Å². The fourth-order valence-electron chi connectivity index (χ4n) is 4.37. The number of nitrogens with one attached hydrogen (secondary N) is 1. The molecular weight excluding hydrogens is 427 g/mol. The van der Waals surface area contributed by atoms with E-state index in [0.717, 1.165) is 50.4 Å². The molecule has 1 aliphatic rings. The number of ether oxygens (including phenoxy) is 1. The van der Waals surface area contributed by atoms with Crippen molar-refractivity contribution in [2.75, 3.05) is 33.3 Å². The second-order valence-corrected chi connectivity index (χ2v) is 8.53. The molecule has 1 aromatic carbocycles. The van der Waals surface area contributed by atoms with Gasteiger partial charge in [0.25, 0.3) is 5.56 Å². The molecular formula is C23H31FN6O3. The van der Waals surface area contributed by atoms with E-state index in [4.69, 9.17) is 9.72 Å². The number of hydrogen-bond acceptors (Lipinski definition) is 6. The second kappa shape index (κ2) is 9.88. The Morgan fingerprint density at radius 1 is 1.12 bits per heavy atom. The lowest BCUT2D eigenvalue weighted by atomic mass is 10.1. The van der Waals surface area contributed by atoms with Crippen LogP contribution in [0.5, 0.6) is 5.75 Å². The molecule has 3 aromatic rings. The fraction of sp³-hybridized carbons (Fsp3) is 0.522. The third-order valence-electron chi connectivity index (χ3n) is 6.31. The molecule has 33 heavy (non-hydrogen) atoms. The van der Waals surface area contributed by atoms with E-state index in [9.17, 15) is 14.0 Å². The van der Waals surface area contributed by atoms with Crippen LogP contribution in [-0.4, -0.2) is 62.2 Å². The molecule has 0 atom stereocenters. The molecule has 3 heterocycles. The van der Waals surface area contributed by atoms with Crippen molar-refractivity contribution in [1.82, 2.24) is 28.9 Å². The molecule has 0 unspecified atom stereocenters. The lowest BCUT2D eigenvalue weighted by Crippen LogP contribution is -2.45. The quantitative estimate of drug-likeness (QED) is 0.553. The number of piperazine rings is 1. The zero-order valence-electron chi connectivity index (χ0n) is 19.4. The normalized spacial score (nSPS) is 15.4. The number of unbranched alkanes of at least 4 members (excludes halogenated alkanes) is 1. The Balaban J connectivity index is 1.46. The van der Waals surface area contributed by atoms with Gasteiger partial charge >= 0.3 is 5.69 Å². The number of H-pyrrole nitrogens is 1. The number of methoxy groups -OCH3 is 1. The molecule has 1 N–H and O–H groups in total. The smallest absolute Gasteiger partial charge is 0.330 e. The molecule has 9 nitrogen and oxygen atoms in total. The molecule has 4 rings (SSSR count). The highest BCUT2D eigenvalue weighted by Crippen LogP contribution is 2.22. The molecule has 1 saturated heterocycles. The largest absolute Gasteiger partial charge is 0.496 e. The van der Waals surface area contributed by atoms with Gasteiger partial charge in [-0.2, -0.15) is 0 Å². The Morgan fingerprint density at radius 2 is 1.82 bits per heavy atom. The van der Waals surface area contributed by atoms with Crippen molar-refractivity contribution in [3.05, 3.63) is 56.2 Å². The number of imidazole rings is 1. The first kappa shape index (κ1) is 23.2. The zero-order chi connectivity index (χ0) is 23.5. The molecule has 0 aliphatic carbocycles. The van der Waals surface area contributed by atoms with Gasteiger partial charge in [-0.1, -0.05) is 13.3 Å². The number of halogens is 1. The molecule has 178 valence electrons. The van der Waals surface area contributed by atoms with Gasteiger partial charge in [0.1, 0.15) is 17.4 Å². The monoisotopic (exact) mass is 458 g/mol. The molecule has 0 spiro atoms. The van der Waals surface area contributed by atoms with Crippen molar-refractivity contribution >= 4 is 11.2 Å². The van der Waals surface area contributed by atoms with Crippen LogP contribution in [0.4, 0.5) is 4.39 Å². The van der Waals surface area contributed by atoms with Crippen LogP contribution in [0, 0.1) is 5.82 Å². The summed E-state index contributed by atoms with van der Waals surface area (Å²) in [6, 6.07) is 4.60. The minimum absolute atomic E-state index is 0.265. The summed E-state index contributed by atoms with van der Waals surface area (Å²) >= 11 is 0. The van der Waals surface area contributed by atoms with Crippen LogP contribution in [0.3, 0.4) is 0 Å². The van der Waals surface area contributed by atoms with Gasteiger partial charge in [0.05, 0.1) is 13.7 Å². The van der Waals surface area contributed by atoms with Crippen LogP contribution in [0.15, 0.2) is 27.8 Å². The summed E-state index contributed by atoms with van der Waals surface area (Å²) in [5, 5.41) is 0. The van der Waals surface area contributed by atoms with Crippen molar-refractivity contribution in [3.8, 4) is 5.75 Å². The van der Waals surface area contributed by atoms with Crippen LogP contribution in [0.25, 0.3) is 11.2 Å². The summed E-state index contributed by atoms with van der Waals surface area (Å²) in [6.07, 6.45) is 1.78.